The summed E-state index contributed by atoms with van der Waals surface area (Å²) in [5, 5.41) is 6.27. The minimum Gasteiger partial charge on any atom is -0.361 e. The van der Waals surface area contributed by atoms with Gasteiger partial charge in [-0.25, -0.2) is 9.97 Å². The van der Waals surface area contributed by atoms with Crippen molar-refractivity contribution in [2.24, 2.45) is 10.9 Å². The number of nitrogens with zero attached hydrogens (tertiary/aromatic N) is 4. The normalized spacial score (nSPS) is 14.2. The zero-order valence-electron chi connectivity index (χ0n) is 21.9. The second-order valence-corrected chi connectivity index (χ2v) is 11.2. The number of thiazole rings is 1. The molecule has 0 aliphatic rings. The molecule has 2 aromatic rings. The highest BCUT2D eigenvalue weighted by Crippen LogP contribution is 2.29. The first-order chi connectivity index (χ1) is 16.6. The first kappa shape index (κ1) is 28.8. The largest absolute Gasteiger partial charge is 0.361 e. The van der Waals surface area contributed by atoms with Gasteiger partial charge in [-0.1, -0.05) is 19.9 Å². The standard InChI is InChI=1S/C27H39N5OS2/c1-9-11-19(3)14-15-27(6,10-2)32(8)26(33)22-12-13-24(29-16-22)30-18-34-17-23(28-7)25-20(4)31-21(5)35-25/h9,12-13,16-17,19H,1,7,10-11,14-15,18H2,2-6,8H3,(H,29,30)/b23-17-/t19-,27-/m1/s1. The van der Waals surface area contributed by atoms with Crippen LogP contribution in [-0.4, -0.2) is 46.0 Å². The zero-order valence-corrected chi connectivity index (χ0v) is 23.6. The number of amides is 1. The number of aryl methyl sites for hydroxylation is 2. The van der Waals surface area contributed by atoms with Crippen molar-refractivity contribution in [1.29, 1.82) is 0 Å². The predicted octanol–water partition coefficient (Wildman–Crippen LogP) is 7.19. The second-order valence-electron chi connectivity index (χ2n) is 9.11. The zero-order chi connectivity index (χ0) is 26.0. The molecule has 0 bridgehead atoms. The van der Waals surface area contributed by atoms with Crippen LogP contribution in [0.4, 0.5) is 5.82 Å². The predicted molar refractivity (Wildman–Crippen MR) is 153 cm³/mol. The van der Waals surface area contributed by atoms with E-state index >= 15 is 0 Å². The molecule has 0 fully saturated rings. The first-order valence-electron chi connectivity index (χ1n) is 12.0. The third-order valence-corrected chi connectivity index (χ3v) is 8.27. The van der Waals surface area contributed by atoms with Gasteiger partial charge in [0.15, 0.2) is 0 Å². The van der Waals surface area contributed by atoms with Crippen molar-refractivity contribution in [3.05, 3.63) is 57.5 Å². The number of hydrogen-bond acceptors (Lipinski definition) is 7. The summed E-state index contributed by atoms with van der Waals surface area (Å²) < 4.78 is 0. The Morgan fingerprint density at radius 2 is 2.14 bits per heavy atom. The number of rotatable bonds is 14. The van der Waals surface area contributed by atoms with E-state index in [0.717, 1.165) is 52.8 Å². The number of aliphatic imine (C=N–C) groups is 1. The molecule has 0 spiro atoms. The molecule has 35 heavy (non-hydrogen) atoms. The fourth-order valence-corrected chi connectivity index (χ4v) is 5.41. The Kier molecular flexibility index (Phi) is 11.2. The Hall–Kier alpha value is -2.45. The number of pyridine rings is 1. The molecule has 2 aromatic heterocycles. The third-order valence-electron chi connectivity index (χ3n) is 6.47. The van der Waals surface area contributed by atoms with Crippen LogP contribution in [-0.2, 0) is 0 Å². The molecule has 1 amide bonds. The van der Waals surface area contributed by atoms with Gasteiger partial charge >= 0.3 is 0 Å². The van der Waals surface area contributed by atoms with Crippen LogP contribution < -0.4 is 5.32 Å². The van der Waals surface area contributed by atoms with E-state index in [9.17, 15) is 4.79 Å². The van der Waals surface area contributed by atoms with Gasteiger partial charge < -0.3 is 10.2 Å². The van der Waals surface area contributed by atoms with Gasteiger partial charge in [-0.15, -0.1) is 29.7 Å². The minimum atomic E-state index is -0.196. The lowest BCUT2D eigenvalue weighted by Crippen LogP contribution is -2.47. The van der Waals surface area contributed by atoms with Gasteiger partial charge in [0.2, 0.25) is 0 Å². The second kappa shape index (κ2) is 13.6. The molecular formula is C27H39N5OS2. The molecule has 0 aliphatic carbocycles. The first-order valence-corrected chi connectivity index (χ1v) is 13.8. The Bertz CT molecular complexity index is 1030. The molecule has 190 valence electrons. The molecule has 8 heteroatoms. The Balaban J connectivity index is 1.95. The number of anilines is 1. The maximum atomic E-state index is 13.2. The minimum absolute atomic E-state index is 0.000924. The van der Waals surface area contributed by atoms with Crippen LogP contribution in [0, 0.1) is 19.8 Å². The summed E-state index contributed by atoms with van der Waals surface area (Å²) in [6.07, 6.45) is 7.54. The van der Waals surface area contributed by atoms with Gasteiger partial charge in [-0.05, 0) is 76.6 Å². The van der Waals surface area contributed by atoms with E-state index in [1.807, 2.05) is 49.4 Å². The van der Waals surface area contributed by atoms with Crippen LogP contribution in [0.3, 0.4) is 0 Å². The summed E-state index contributed by atoms with van der Waals surface area (Å²) >= 11 is 3.20. The van der Waals surface area contributed by atoms with Crippen molar-refractivity contribution in [3.8, 4) is 0 Å². The van der Waals surface area contributed by atoms with Crippen LogP contribution in [0.15, 0.2) is 41.4 Å². The number of nitrogens with one attached hydrogen (secondary N) is 1. The molecule has 0 unspecified atom stereocenters. The Morgan fingerprint density at radius 1 is 1.40 bits per heavy atom. The highest BCUT2D eigenvalue weighted by atomic mass is 32.2. The summed E-state index contributed by atoms with van der Waals surface area (Å²) in [6, 6.07) is 3.69. The summed E-state index contributed by atoms with van der Waals surface area (Å²) in [4.78, 5) is 29.2. The smallest absolute Gasteiger partial charge is 0.255 e. The van der Waals surface area contributed by atoms with Gasteiger partial charge in [0.05, 0.1) is 32.7 Å². The van der Waals surface area contributed by atoms with Crippen molar-refractivity contribution in [2.45, 2.75) is 65.8 Å². The van der Waals surface area contributed by atoms with Gasteiger partial charge in [-0.3, -0.25) is 9.79 Å². The lowest BCUT2D eigenvalue weighted by molar-refractivity contribution is 0.0550. The number of carbonyl (C=O) groups excluding carboxylic acids is 1. The lowest BCUT2D eigenvalue weighted by atomic mass is 9.86. The number of thioether (sulfide) groups is 1. The van der Waals surface area contributed by atoms with Gasteiger partial charge in [0.1, 0.15) is 5.82 Å². The summed E-state index contributed by atoms with van der Waals surface area (Å²) in [5.41, 5.74) is 2.20. The Labute approximate surface area is 219 Å². The van der Waals surface area contributed by atoms with Crippen LogP contribution in [0.1, 0.15) is 72.4 Å². The molecular weight excluding hydrogens is 474 g/mol. The molecule has 0 radical (unpaired) electrons. The van der Waals surface area contributed by atoms with Crippen LogP contribution >= 0.6 is 23.1 Å². The molecule has 0 saturated heterocycles. The molecule has 2 heterocycles. The average molecular weight is 514 g/mol. The van der Waals surface area contributed by atoms with Crippen LogP contribution in [0.5, 0.6) is 0 Å². The van der Waals surface area contributed by atoms with Crippen molar-refractivity contribution in [2.75, 3.05) is 18.2 Å². The van der Waals surface area contributed by atoms with Crippen molar-refractivity contribution < 1.29 is 4.79 Å². The fourth-order valence-electron chi connectivity index (χ4n) is 3.77. The quantitative estimate of drug-likeness (QED) is 0.125. The van der Waals surface area contributed by atoms with Gasteiger partial charge in [-0.2, -0.15) is 0 Å². The van der Waals surface area contributed by atoms with E-state index in [-0.39, 0.29) is 11.4 Å². The lowest BCUT2D eigenvalue weighted by Gasteiger charge is -2.39. The highest BCUT2D eigenvalue weighted by Gasteiger charge is 2.31. The summed E-state index contributed by atoms with van der Waals surface area (Å²) in [6.45, 7) is 18.0. The molecule has 0 saturated carbocycles. The van der Waals surface area contributed by atoms with E-state index in [0.29, 0.717) is 17.4 Å². The molecule has 2 rings (SSSR count). The number of allylic oxidation sites excluding steroid dienone is 1. The van der Waals surface area contributed by atoms with Crippen molar-refractivity contribution in [3.63, 3.8) is 0 Å². The van der Waals surface area contributed by atoms with E-state index in [1.54, 1.807) is 29.3 Å². The fraction of sp³-hybridized carbons (Fsp3) is 0.481. The third kappa shape index (κ3) is 8.04. The van der Waals surface area contributed by atoms with Gasteiger partial charge in [0.25, 0.3) is 5.91 Å². The SMILES string of the molecule is C=CC[C@@H](C)CC[C@@](C)(CC)N(C)C(=O)c1ccc(NCS/C=C(\N=C)c2sc(C)nc2C)nc1. The highest BCUT2D eigenvalue weighted by molar-refractivity contribution is 8.02. The molecule has 0 aliphatic heterocycles. The number of hydrogen-bond donors (Lipinski definition) is 1. The van der Waals surface area contributed by atoms with E-state index < -0.39 is 0 Å². The van der Waals surface area contributed by atoms with Crippen LogP contribution in [0.2, 0.25) is 0 Å². The molecule has 6 nitrogen and oxygen atoms in total. The number of carbonyl (C=O) groups is 1. The van der Waals surface area contributed by atoms with E-state index in [4.69, 9.17) is 0 Å². The van der Waals surface area contributed by atoms with Crippen LogP contribution in [0.25, 0.3) is 5.70 Å². The van der Waals surface area contributed by atoms with Crippen molar-refractivity contribution in [1.82, 2.24) is 14.9 Å². The monoisotopic (exact) mass is 513 g/mol. The average Bonchev–Trinajstić information content (AvgIpc) is 3.19. The molecule has 2 atom stereocenters. The maximum absolute atomic E-state index is 13.2. The van der Waals surface area contributed by atoms with Crippen molar-refractivity contribution >= 4 is 47.2 Å². The van der Waals surface area contributed by atoms with Gasteiger partial charge in [0, 0.05) is 18.8 Å². The topological polar surface area (TPSA) is 70.5 Å². The molecule has 1 N–H and O–H groups in total. The molecule has 0 aromatic carbocycles. The summed E-state index contributed by atoms with van der Waals surface area (Å²) in [7, 11) is 1.90. The van der Waals surface area contributed by atoms with E-state index in [1.165, 1.54) is 0 Å². The number of aromatic nitrogens is 2. The Morgan fingerprint density at radius 3 is 2.69 bits per heavy atom. The maximum Gasteiger partial charge on any atom is 0.255 e. The summed E-state index contributed by atoms with van der Waals surface area (Å²) in [5.74, 6) is 1.90. The van der Waals surface area contributed by atoms with E-state index in [2.05, 4.69) is 54.3 Å².